The Morgan fingerprint density at radius 2 is 1.78 bits per heavy atom. The molecule has 0 fully saturated rings. The Labute approximate surface area is 184 Å². The van der Waals surface area contributed by atoms with E-state index in [0.29, 0.717) is 18.5 Å². The number of hydrogen-bond acceptors (Lipinski definition) is 3. The molecule has 1 amide bonds. The molecule has 0 aliphatic carbocycles. The van der Waals surface area contributed by atoms with Crippen molar-refractivity contribution in [2.45, 2.75) is 33.4 Å². The number of carbonyl (C=O) groups excluding carboxylic acids is 1. The minimum atomic E-state index is -2.88. The molecule has 2 aromatic carbocycles. The molecule has 0 aliphatic heterocycles. The quantitative estimate of drug-likeness (QED) is 0.437. The van der Waals surface area contributed by atoms with E-state index in [0.717, 1.165) is 33.7 Å². The summed E-state index contributed by atoms with van der Waals surface area (Å²) < 4.78 is 32.3. The number of carbonyl (C=O) groups is 1. The smallest absolute Gasteiger partial charge is 0.387 e. The first-order chi connectivity index (χ1) is 15.4. The maximum absolute atomic E-state index is 12.8. The first-order valence-electron chi connectivity index (χ1n) is 10.2. The second-order valence-electron chi connectivity index (χ2n) is 7.56. The van der Waals surface area contributed by atoms with Gasteiger partial charge in [0.05, 0.1) is 5.69 Å². The van der Waals surface area contributed by atoms with Crippen molar-refractivity contribution in [1.29, 1.82) is 0 Å². The molecule has 0 bridgehead atoms. The molecule has 5 nitrogen and oxygen atoms in total. The van der Waals surface area contributed by atoms with Crippen molar-refractivity contribution < 1.29 is 18.3 Å². The van der Waals surface area contributed by atoms with E-state index in [2.05, 4.69) is 10.3 Å². The molecule has 0 aliphatic rings. The maximum Gasteiger partial charge on any atom is 0.387 e. The van der Waals surface area contributed by atoms with Crippen molar-refractivity contribution in [1.82, 2.24) is 14.7 Å². The fourth-order valence-electron chi connectivity index (χ4n) is 3.68. The Morgan fingerprint density at radius 1 is 1.06 bits per heavy atom. The summed E-state index contributed by atoms with van der Waals surface area (Å²) in [5.74, 6) is 0.103. The highest BCUT2D eigenvalue weighted by Gasteiger charge is 2.15. The Kier molecular flexibility index (Phi) is 6.16. The van der Waals surface area contributed by atoms with Gasteiger partial charge in [-0.05, 0) is 41.8 Å². The van der Waals surface area contributed by atoms with Crippen LogP contribution in [0.4, 0.5) is 8.78 Å². The van der Waals surface area contributed by atoms with Gasteiger partial charge in [0, 0.05) is 37.3 Å². The highest BCUT2D eigenvalue weighted by atomic mass is 19.3. The van der Waals surface area contributed by atoms with E-state index in [1.54, 1.807) is 24.3 Å². The van der Waals surface area contributed by atoms with Crippen molar-refractivity contribution in [3.8, 4) is 16.9 Å². The Balaban J connectivity index is 1.66. The molecule has 0 spiro atoms. The first-order valence-corrected chi connectivity index (χ1v) is 10.2. The topological polar surface area (TPSA) is 55.6 Å². The first kappa shape index (κ1) is 21.5. The van der Waals surface area contributed by atoms with Gasteiger partial charge in [-0.3, -0.25) is 4.79 Å². The number of para-hydroxylation sites is 1. The van der Waals surface area contributed by atoms with E-state index in [1.165, 1.54) is 6.92 Å². The van der Waals surface area contributed by atoms with Gasteiger partial charge in [-0.15, -0.1) is 0 Å². The van der Waals surface area contributed by atoms with Crippen LogP contribution in [0.15, 0.2) is 66.9 Å². The number of benzene rings is 2. The minimum absolute atomic E-state index is 0.0666. The zero-order valence-electron chi connectivity index (χ0n) is 17.8. The number of alkyl halides is 2. The van der Waals surface area contributed by atoms with Gasteiger partial charge in [0.1, 0.15) is 11.4 Å². The normalized spacial score (nSPS) is 11.2. The van der Waals surface area contributed by atoms with E-state index >= 15 is 0 Å². The van der Waals surface area contributed by atoms with Crippen LogP contribution >= 0.6 is 0 Å². The second kappa shape index (κ2) is 9.18. The molecule has 4 aromatic rings. The predicted octanol–water partition coefficient (Wildman–Crippen LogP) is 5.14. The van der Waals surface area contributed by atoms with Gasteiger partial charge in [0.2, 0.25) is 5.91 Å². The van der Waals surface area contributed by atoms with Crippen LogP contribution in [-0.4, -0.2) is 21.9 Å². The number of aryl methyl sites for hydroxylation is 1. The van der Waals surface area contributed by atoms with Crippen LogP contribution in [-0.2, 0) is 17.8 Å². The molecular formula is C25H23F2N3O2. The summed E-state index contributed by atoms with van der Waals surface area (Å²) >= 11 is 0. The summed E-state index contributed by atoms with van der Waals surface area (Å²) in [5.41, 5.74) is 6.24. The molecule has 32 heavy (non-hydrogen) atoms. The number of halogens is 2. The van der Waals surface area contributed by atoms with E-state index in [-0.39, 0.29) is 11.7 Å². The van der Waals surface area contributed by atoms with Crippen molar-refractivity contribution in [2.24, 2.45) is 0 Å². The molecule has 0 saturated heterocycles. The van der Waals surface area contributed by atoms with Gasteiger partial charge in [0.15, 0.2) is 0 Å². The van der Waals surface area contributed by atoms with Gasteiger partial charge in [-0.25, -0.2) is 4.98 Å². The van der Waals surface area contributed by atoms with Crippen LogP contribution in [0.3, 0.4) is 0 Å². The number of aromatic nitrogens is 2. The fraction of sp³-hybridized carbons (Fsp3) is 0.200. The van der Waals surface area contributed by atoms with E-state index in [4.69, 9.17) is 4.74 Å². The Bertz CT molecular complexity index is 1250. The van der Waals surface area contributed by atoms with Crippen LogP contribution in [0, 0.1) is 6.92 Å². The molecule has 2 heterocycles. The number of nitrogens with zero attached hydrogens (tertiary/aromatic N) is 2. The number of ether oxygens (including phenoxy) is 1. The molecule has 7 heteroatoms. The molecule has 0 radical (unpaired) electrons. The van der Waals surface area contributed by atoms with Gasteiger partial charge < -0.3 is 14.5 Å². The number of amides is 1. The highest BCUT2D eigenvalue weighted by Crippen LogP contribution is 2.27. The lowest BCUT2D eigenvalue weighted by atomic mass is 10.0. The monoisotopic (exact) mass is 435 g/mol. The average molecular weight is 435 g/mol. The maximum atomic E-state index is 12.8. The summed E-state index contributed by atoms with van der Waals surface area (Å²) in [5, 5.41) is 2.79. The molecule has 0 atom stereocenters. The zero-order chi connectivity index (χ0) is 22.7. The lowest BCUT2D eigenvalue weighted by Gasteiger charge is -2.11. The number of hydrogen-bond donors (Lipinski definition) is 1. The van der Waals surface area contributed by atoms with Gasteiger partial charge in [0.25, 0.3) is 0 Å². The third-order valence-electron chi connectivity index (χ3n) is 5.29. The number of nitrogens with one attached hydrogen (secondary N) is 1. The summed E-state index contributed by atoms with van der Waals surface area (Å²) in [7, 11) is 0. The van der Waals surface area contributed by atoms with Crippen LogP contribution in [0.5, 0.6) is 5.75 Å². The summed E-state index contributed by atoms with van der Waals surface area (Å²) in [4.78, 5) is 15.7. The number of pyridine rings is 1. The van der Waals surface area contributed by atoms with Crippen molar-refractivity contribution in [3.63, 3.8) is 0 Å². The van der Waals surface area contributed by atoms with Crippen molar-refractivity contribution >= 4 is 11.6 Å². The van der Waals surface area contributed by atoms with Crippen molar-refractivity contribution in [3.05, 3.63) is 89.4 Å². The lowest BCUT2D eigenvalue weighted by molar-refractivity contribution is -0.119. The van der Waals surface area contributed by atoms with E-state index < -0.39 is 6.61 Å². The molecule has 4 rings (SSSR count). The second-order valence-corrected chi connectivity index (χ2v) is 7.56. The molecule has 1 N–H and O–H groups in total. The largest absolute Gasteiger partial charge is 0.435 e. The third kappa shape index (κ3) is 4.77. The number of imidazole rings is 1. The summed E-state index contributed by atoms with van der Waals surface area (Å²) in [6, 6.07) is 18.7. The molecule has 0 unspecified atom stereocenters. The fourth-order valence-corrected chi connectivity index (χ4v) is 3.68. The SMILES string of the molecule is CC(=O)NCc1ccc(-c2ccc3nc(C)c(Cc4ccccc4OC(F)F)n3c2)cc1. The molecular weight excluding hydrogens is 412 g/mol. The number of rotatable bonds is 7. The van der Waals surface area contributed by atoms with Crippen molar-refractivity contribution in [2.75, 3.05) is 0 Å². The average Bonchev–Trinajstić information content (AvgIpc) is 3.08. The van der Waals surface area contributed by atoms with Gasteiger partial charge in [-0.1, -0.05) is 42.5 Å². The third-order valence-corrected chi connectivity index (χ3v) is 5.29. The van der Waals surface area contributed by atoms with E-state index in [1.807, 2.05) is 53.9 Å². The van der Waals surface area contributed by atoms with Crippen LogP contribution in [0.25, 0.3) is 16.8 Å². The summed E-state index contributed by atoms with van der Waals surface area (Å²) in [6.45, 7) is 1.01. The van der Waals surface area contributed by atoms with Crippen LogP contribution < -0.4 is 10.1 Å². The molecule has 0 saturated carbocycles. The minimum Gasteiger partial charge on any atom is -0.435 e. The van der Waals surface area contributed by atoms with Crippen LogP contribution in [0.1, 0.15) is 29.4 Å². The highest BCUT2D eigenvalue weighted by molar-refractivity contribution is 5.73. The Hall–Kier alpha value is -3.74. The Morgan fingerprint density at radius 3 is 2.50 bits per heavy atom. The molecule has 164 valence electrons. The standard InChI is InChI=1S/C25H23F2N3O2/c1-16-22(13-20-5-3-4-6-23(20)32-25(26)27)30-15-21(11-12-24(30)29-16)19-9-7-18(8-10-19)14-28-17(2)31/h3-12,15,25H,13-14H2,1-2H3,(H,28,31). The molecule has 2 aromatic heterocycles. The van der Waals surface area contributed by atoms with Crippen LogP contribution in [0.2, 0.25) is 0 Å². The summed E-state index contributed by atoms with van der Waals surface area (Å²) in [6.07, 6.45) is 2.42. The predicted molar refractivity (Wildman–Crippen MR) is 119 cm³/mol. The van der Waals surface area contributed by atoms with Gasteiger partial charge in [-0.2, -0.15) is 8.78 Å². The zero-order valence-corrected chi connectivity index (χ0v) is 17.8. The lowest BCUT2D eigenvalue weighted by Crippen LogP contribution is -2.18. The van der Waals surface area contributed by atoms with E-state index in [9.17, 15) is 13.6 Å². The van der Waals surface area contributed by atoms with Gasteiger partial charge >= 0.3 is 6.61 Å². The number of fused-ring (bicyclic) bond motifs is 1.